The highest BCUT2D eigenvalue weighted by molar-refractivity contribution is 9.10. The van der Waals surface area contributed by atoms with E-state index in [1.165, 1.54) is 5.56 Å². The summed E-state index contributed by atoms with van der Waals surface area (Å²) in [5, 5.41) is 3.43. The molecule has 0 heterocycles. The fourth-order valence-corrected chi connectivity index (χ4v) is 2.15. The molecule has 1 N–H and O–H groups in total. The molecule has 0 aromatic heterocycles. The average molecular weight is 332 g/mol. The summed E-state index contributed by atoms with van der Waals surface area (Å²) in [5.74, 6) is 0.913. The van der Waals surface area contributed by atoms with Crippen molar-refractivity contribution < 1.29 is 4.74 Å². The van der Waals surface area contributed by atoms with Crippen molar-refractivity contribution in [2.24, 2.45) is 0 Å². The van der Waals surface area contributed by atoms with Gasteiger partial charge in [-0.3, -0.25) is 0 Å². The second-order valence-electron chi connectivity index (χ2n) is 4.44. The Hall–Kier alpha value is -1.58. The van der Waals surface area contributed by atoms with Gasteiger partial charge in [0.15, 0.2) is 0 Å². The zero-order valence-electron chi connectivity index (χ0n) is 11.3. The summed E-state index contributed by atoms with van der Waals surface area (Å²) in [6.07, 6.45) is 1.76. The molecule has 0 unspecified atom stereocenters. The van der Waals surface area contributed by atoms with Crippen LogP contribution >= 0.6 is 15.9 Å². The number of benzene rings is 2. The molecule has 3 heteroatoms. The number of nitrogens with one attached hydrogen (secondary N) is 1. The fraction of sp³-hybridized carbons (Fsp3) is 0.176. The van der Waals surface area contributed by atoms with Crippen LogP contribution in [0.4, 0.5) is 0 Å². The maximum atomic E-state index is 5.64. The maximum absolute atomic E-state index is 5.64. The van der Waals surface area contributed by atoms with Gasteiger partial charge in [-0.25, -0.2) is 0 Å². The first-order valence-electron chi connectivity index (χ1n) is 6.56. The van der Waals surface area contributed by atoms with Crippen LogP contribution in [0.25, 0.3) is 0 Å². The van der Waals surface area contributed by atoms with E-state index >= 15 is 0 Å². The molecule has 0 amide bonds. The van der Waals surface area contributed by atoms with E-state index < -0.39 is 0 Å². The smallest absolute Gasteiger partial charge is 0.124 e. The predicted molar refractivity (Wildman–Crippen MR) is 86.8 cm³/mol. The first-order valence-corrected chi connectivity index (χ1v) is 7.35. The van der Waals surface area contributed by atoms with Crippen LogP contribution in [0.2, 0.25) is 0 Å². The van der Waals surface area contributed by atoms with Crippen molar-refractivity contribution in [2.75, 3.05) is 6.61 Å². The molecule has 0 radical (unpaired) electrons. The monoisotopic (exact) mass is 331 g/mol. The Morgan fingerprint density at radius 1 is 1.05 bits per heavy atom. The van der Waals surface area contributed by atoms with Gasteiger partial charge < -0.3 is 10.1 Å². The molecule has 0 aliphatic heterocycles. The van der Waals surface area contributed by atoms with Crippen LogP contribution < -0.4 is 10.1 Å². The molecule has 0 fully saturated rings. The van der Waals surface area contributed by atoms with E-state index in [1.807, 2.05) is 18.2 Å². The molecule has 2 aromatic rings. The minimum absolute atomic E-state index is 0.531. The Morgan fingerprint density at radius 3 is 2.55 bits per heavy atom. The van der Waals surface area contributed by atoms with E-state index in [0.29, 0.717) is 6.61 Å². The Bertz CT molecular complexity index is 551. The summed E-state index contributed by atoms with van der Waals surface area (Å²) >= 11 is 3.44. The van der Waals surface area contributed by atoms with Gasteiger partial charge in [0.1, 0.15) is 12.4 Å². The van der Waals surface area contributed by atoms with Crippen LogP contribution in [0.5, 0.6) is 5.75 Å². The molecule has 2 aromatic carbocycles. The largest absolute Gasteiger partial charge is 0.489 e. The van der Waals surface area contributed by atoms with Gasteiger partial charge in [-0.1, -0.05) is 58.9 Å². The molecule has 0 aliphatic carbocycles. The molecule has 104 valence electrons. The van der Waals surface area contributed by atoms with Crippen LogP contribution in [0.3, 0.4) is 0 Å². The standard InChI is InChI=1S/C17H18BrNO/c1-2-11-20-17-6-4-3-5-15(17)13-19-12-14-7-9-16(18)10-8-14/h2-10,19H,1,11-13H2. The van der Waals surface area contributed by atoms with Crippen LogP contribution in [0, 0.1) is 0 Å². The van der Waals surface area contributed by atoms with Gasteiger partial charge >= 0.3 is 0 Å². The summed E-state index contributed by atoms with van der Waals surface area (Å²) in [4.78, 5) is 0. The fourth-order valence-electron chi connectivity index (χ4n) is 1.88. The summed E-state index contributed by atoms with van der Waals surface area (Å²) in [6.45, 7) is 5.82. The Balaban J connectivity index is 1.90. The highest BCUT2D eigenvalue weighted by Gasteiger charge is 2.02. The van der Waals surface area contributed by atoms with E-state index in [9.17, 15) is 0 Å². The Morgan fingerprint density at radius 2 is 1.80 bits per heavy atom. The van der Waals surface area contributed by atoms with Crippen molar-refractivity contribution in [3.63, 3.8) is 0 Å². The average Bonchev–Trinajstić information content (AvgIpc) is 2.48. The minimum atomic E-state index is 0.531. The molecular formula is C17H18BrNO. The lowest BCUT2D eigenvalue weighted by Gasteiger charge is -2.11. The summed E-state index contributed by atoms with van der Waals surface area (Å²) in [6, 6.07) is 16.4. The number of ether oxygens (including phenoxy) is 1. The number of halogens is 1. The van der Waals surface area contributed by atoms with Gasteiger partial charge in [0, 0.05) is 23.1 Å². The van der Waals surface area contributed by atoms with Crippen LogP contribution in [-0.4, -0.2) is 6.61 Å². The second kappa shape index (κ2) is 7.88. The first-order chi connectivity index (χ1) is 9.79. The number of hydrogen-bond donors (Lipinski definition) is 1. The summed E-state index contributed by atoms with van der Waals surface area (Å²) < 4.78 is 6.74. The highest BCUT2D eigenvalue weighted by atomic mass is 79.9. The molecule has 0 atom stereocenters. The number of rotatable bonds is 7. The van der Waals surface area contributed by atoms with E-state index in [2.05, 4.69) is 58.2 Å². The van der Waals surface area contributed by atoms with E-state index in [0.717, 1.165) is 28.9 Å². The SMILES string of the molecule is C=CCOc1ccccc1CNCc1ccc(Br)cc1. The lowest BCUT2D eigenvalue weighted by atomic mass is 10.2. The molecule has 0 spiro atoms. The van der Waals surface area contributed by atoms with E-state index in [4.69, 9.17) is 4.74 Å². The van der Waals surface area contributed by atoms with Gasteiger partial charge in [-0.15, -0.1) is 0 Å². The maximum Gasteiger partial charge on any atom is 0.124 e. The zero-order chi connectivity index (χ0) is 14.2. The molecule has 0 saturated carbocycles. The predicted octanol–water partition coefficient (Wildman–Crippen LogP) is 4.30. The van der Waals surface area contributed by atoms with Gasteiger partial charge in [0.05, 0.1) is 0 Å². The molecule has 2 nitrogen and oxygen atoms in total. The molecule has 0 aliphatic rings. The molecular weight excluding hydrogens is 314 g/mol. The van der Waals surface area contributed by atoms with Gasteiger partial charge in [-0.2, -0.15) is 0 Å². The van der Waals surface area contributed by atoms with Crippen molar-refractivity contribution in [1.82, 2.24) is 5.32 Å². The van der Waals surface area contributed by atoms with Crippen molar-refractivity contribution in [2.45, 2.75) is 13.1 Å². The number of hydrogen-bond acceptors (Lipinski definition) is 2. The van der Waals surface area contributed by atoms with E-state index in [1.54, 1.807) is 6.08 Å². The number of para-hydroxylation sites is 1. The third kappa shape index (κ3) is 4.51. The molecule has 20 heavy (non-hydrogen) atoms. The Kier molecular flexibility index (Phi) is 5.84. The first kappa shape index (κ1) is 14.8. The normalized spacial score (nSPS) is 10.2. The molecule has 0 saturated heterocycles. The van der Waals surface area contributed by atoms with Crippen LogP contribution in [-0.2, 0) is 13.1 Å². The molecule has 0 bridgehead atoms. The van der Waals surface area contributed by atoms with Crippen molar-refractivity contribution in [3.05, 3.63) is 76.8 Å². The Labute approximate surface area is 128 Å². The van der Waals surface area contributed by atoms with Gasteiger partial charge in [0.2, 0.25) is 0 Å². The minimum Gasteiger partial charge on any atom is -0.489 e. The lowest BCUT2D eigenvalue weighted by Crippen LogP contribution is -2.13. The van der Waals surface area contributed by atoms with Crippen LogP contribution in [0.1, 0.15) is 11.1 Å². The third-order valence-electron chi connectivity index (χ3n) is 2.89. The summed E-state index contributed by atoms with van der Waals surface area (Å²) in [7, 11) is 0. The third-order valence-corrected chi connectivity index (χ3v) is 3.42. The van der Waals surface area contributed by atoms with Crippen molar-refractivity contribution >= 4 is 15.9 Å². The van der Waals surface area contributed by atoms with Crippen molar-refractivity contribution in [3.8, 4) is 5.75 Å². The van der Waals surface area contributed by atoms with Gasteiger partial charge in [-0.05, 0) is 23.8 Å². The second-order valence-corrected chi connectivity index (χ2v) is 5.35. The lowest BCUT2D eigenvalue weighted by molar-refractivity contribution is 0.358. The van der Waals surface area contributed by atoms with Gasteiger partial charge in [0.25, 0.3) is 0 Å². The van der Waals surface area contributed by atoms with E-state index in [-0.39, 0.29) is 0 Å². The highest BCUT2D eigenvalue weighted by Crippen LogP contribution is 2.18. The zero-order valence-corrected chi connectivity index (χ0v) is 12.9. The topological polar surface area (TPSA) is 21.3 Å². The summed E-state index contributed by atoms with van der Waals surface area (Å²) in [5.41, 5.74) is 2.42. The molecule has 2 rings (SSSR count). The quantitative estimate of drug-likeness (QED) is 0.763. The van der Waals surface area contributed by atoms with Crippen LogP contribution in [0.15, 0.2) is 65.7 Å². The van der Waals surface area contributed by atoms with Crippen molar-refractivity contribution in [1.29, 1.82) is 0 Å².